The average Bonchev–Trinajstić information content (AvgIpc) is 3.25. The normalized spacial score (nSPS) is 19.1. The van der Waals surface area contributed by atoms with Gasteiger partial charge in [-0.25, -0.2) is 9.97 Å². The van der Waals surface area contributed by atoms with Gasteiger partial charge in [0, 0.05) is 22.8 Å². The molecule has 2 unspecified atom stereocenters. The van der Waals surface area contributed by atoms with Gasteiger partial charge in [-0.15, -0.1) is 11.3 Å². The maximum Gasteiger partial charge on any atom is 0.143 e. The van der Waals surface area contributed by atoms with Crippen LogP contribution in [0.2, 0.25) is 0 Å². The standard InChI is InChI=1S/C21H27N5S/c1-22-11-5-10-18-21(24-18)20-16-8-3-4-9-17(16)23-19(25-20)14-26(2)13-15-7-6-12-27-15/h3-4,6-9,12,18,21-22,24H,5,10-11,13-14H2,1-2H3/p+1. The Kier molecular flexibility index (Phi) is 5.78. The number of hydrogen-bond acceptors (Lipinski definition) is 5. The zero-order valence-corrected chi connectivity index (χ0v) is 16.9. The second-order valence-corrected chi connectivity index (χ2v) is 8.42. The molecule has 2 aromatic heterocycles. The highest BCUT2D eigenvalue weighted by molar-refractivity contribution is 7.09. The molecule has 1 aliphatic heterocycles. The largest absolute Gasteiger partial charge is 0.349 e. The van der Waals surface area contributed by atoms with Crippen LogP contribution in [0.5, 0.6) is 0 Å². The molecule has 1 aliphatic rings. The van der Waals surface area contributed by atoms with Crippen molar-refractivity contribution in [3.63, 3.8) is 0 Å². The number of rotatable bonds is 9. The summed E-state index contributed by atoms with van der Waals surface area (Å²) in [5.41, 5.74) is 2.22. The van der Waals surface area contributed by atoms with E-state index in [1.165, 1.54) is 35.3 Å². The Morgan fingerprint density at radius 3 is 2.85 bits per heavy atom. The summed E-state index contributed by atoms with van der Waals surface area (Å²) in [4.78, 5) is 13.5. The van der Waals surface area contributed by atoms with E-state index in [-0.39, 0.29) is 0 Å². The van der Waals surface area contributed by atoms with E-state index < -0.39 is 0 Å². The highest BCUT2D eigenvalue weighted by Gasteiger charge is 2.39. The van der Waals surface area contributed by atoms with Gasteiger partial charge in [0.25, 0.3) is 0 Å². The molecule has 1 aromatic carbocycles. The molecule has 4 rings (SSSR count). The van der Waals surface area contributed by atoms with Crippen molar-refractivity contribution in [1.29, 1.82) is 0 Å². The monoisotopic (exact) mass is 382 g/mol. The van der Waals surface area contributed by atoms with E-state index in [1.807, 2.05) is 0 Å². The SMILES string of the molecule is C[NH2+]CCCC1NC1c1nc(CN(C)Cc2cccs2)nc2ccccc12. The fraction of sp³-hybridized carbons (Fsp3) is 0.429. The molecular formula is C21H28N5S+. The molecule has 142 valence electrons. The molecule has 27 heavy (non-hydrogen) atoms. The molecule has 1 saturated heterocycles. The summed E-state index contributed by atoms with van der Waals surface area (Å²) in [5.74, 6) is 0.914. The van der Waals surface area contributed by atoms with Crippen LogP contribution in [0.3, 0.4) is 0 Å². The quantitative estimate of drug-likeness (QED) is 0.440. The first-order valence-electron chi connectivity index (χ1n) is 9.75. The molecule has 3 N–H and O–H groups in total. The van der Waals surface area contributed by atoms with Crippen molar-refractivity contribution in [3.05, 3.63) is 58.2 Å². The Balaban J connectivity index is 1.52. The van der Waals surface area contributed by atoms with Crippen LogP contribution in [-0.2, 0) is 13.1 Å². The first kappa shape index (κ1) is 18.5. The predicted molar refractivity (Wildman–Crippen MR) is 111 cm³/mol. The molecule has 2 atom stereocenters. The van der Waals surface area contributed by atoms with Crippen molar-refractivity contribution in [1.82, 2.24) is 20.2 Å². The number of nitrogens with two attached hydrogens (primary N) is 1. The second-order valence-electron chi connectivity index (χ2n) is 7.38. The van der Waals surface area contributed by atoms with Crippen LogP contribution in [0.1, 0.15) is 35.3 Å². The summed E-state index contributed by atoms with van der Waals surface area (Å²) in [6, 6.07) is 13.6. The van der Waals surface area contributed by atoms with E-state index in [1.54, 1.807) is 11.3 Å². The molecule has 0 radical (unpaired) electrons. The van der Waals surface area contributed by atoms with Crippen LogP contribution in [0.4, 0.5) is 0 Å². The number of aromatic nitrogens is 2. The van der Waals surface area contributed by atoms with E-state index in [0.717, 1.165) is 24.4 Å². The van der Waals surface area contributed by atoms with Gasteiger partial charge in [-0.3, -0.25) is 4.90 Å². The average molecular weight is 383 g/mol. The number of nitrogens with one attached hydrogen (secondary N) is 1. The highest BCUT2D eigenvalue weighted by atomic mass is 32.1. The van der Waals surface area contributed by atoms with Crippen molar-refractivity contribution in [2.45, 2.75) is 38.0 Å². The maximum atomic E-state index is 4.99. The molecular weight excluding hydrogens is 354 g/mol. The van der Waals surface area contributed by atoms with Crippen LogP contribution in [0, 0.1) is 0 Å². The van der Waals surface area contributed by atoms with Crippen molar-refractivity contribution in [2.24, 2.45) is 0 Å². The molecule has 0 bridgehead atoms. The minimum Gasteiger partial charge on any atom is -0.349 e. The Hall–Kier alpha value is -1.86. The fourth-order valence-electron chi connectivity index (χ4n) is 3.66. The third kappa shape index (κ3) is 4.52. The minimum atomic E-state index is 0.371. The predicted octanol–water partition coefficient (Wildman–Crippen LogP) is 2.31. The Labute approximate surface area is 164 Å². The number of quaternary nitrogens is 1. The molecule has 3 aromatic rings. The van der Waals surface area contributed by atoms with Gasteiger partial charge in [0.05, 0.1) is 37.4 Å². The number of benzene rings is 1. The number of para-hydroxylation sites is 1. The molecule has 3 heterocycles. The molecule has 6 heteroatoms. The summed E-state index contributed by atoms with van der Waals surface area (Å²) in [6.45, 7) is 2.88. The molecule has 0 saturated carbocycles. The van der Waals surface area contributed by atoms with Gasteiger partial charge in [-0.2, -0.15) is 0 Å². The lowest BCUT2D eigenvalue weighted by Crippen LogP contribution is -2.79. The van der Waals surface area contributed by atoms with Crippen LogP contribution in [0.25, 0.3) is 10.9 Å². The topological polar surface area (TPSA) is 67.6 Å². The van der Waals surface area contributed by atoms with E-state index in [9.17, 15) is 0 Å². The molecule has 1 fully saturated rings. The van der Waals surface area contributed by atoms with E-state index in [4.69, 9.17) is 9.97 Å². The third-order valence-electron chi connectivity index (χ3n) is 5.09. The van der Waals surface area contributed by atoms with Crippen LogP contribution in [-0.4, -0.2) is 41.5 Å². The van der Waals surface area contributed by atoms with Crippen LogP contribution >= 0.6 is 11.3 Å². The lowest BCUT2D eigenvalue weighted by atomic mass is 10.1. The van der Waals surface area contributed by atoms with E-state index >= 15 is 0 Å². The fourth-order valence-corrected chi connectivity index (χ4v) is 4.45. The summed E-state index contributed by atoms with van der Waals surface area (Å²) in [6.07, 6.45) is 2.45. The van der Waals surface area contributed by atoms with E-state index in [0.29, 0.717) is 12.1 Å². The summed E-state index contributed by atoms with van der Waals surface area (Å²) in [5, 5.41) is 9.20. The maximum absolute atomic E-state index is 4.99. The van der Waals surface area contributed by atoms with Gasteiger partial charge in [0.1, 0.15) is 5.82 Å². The van der Waals surface area contributed by atoms with Crippen molar-refractivity contribution >= 4 is 22.2 Å². The molecule has 0 aliphatic carbocycles. The van der Waals surface area contributed by atoms with Crippen molar-refractivity contribution in [2.75, 3.05) is 20.6 Å². The molecule has 0 amide bonds. The van der Waals surface area contributed by atoms with Gasteiger partial charge < -0.3 is 10.6 Å². The smallest absolute Gasteiger partial charge is 0.143 e. The lowest BCUT2D eigenvalue weighted by molar-refractivity contribution is -0.627. The molecule has 0 spiro atoms. The summed E-state index contributed by atoms with van der Waals surface area (Å²) < 4.78 is 0. The van der Waals surface area contributed by atoms with Crippen molar-refractivity contribution < 1.29 is 5.32 Å². The van der Waals surface area contributed by atoms with Crippen molar-refractivity contribution in [3.8, 4) is 0 Å². The Bertz CT molecular complexity index is 879. The second kappa shape index (κ2) is 8.44. The Morgan fingerprint density at radius 1 is 1.15 bits per heavy atom. The van der Waals surface area contributed by atoms with Crippen LogP contribution in [0.15, 0.2) is 41.8 Å². The summed E-state index contributed by atoms with van der Waals surface area (Å²) >= 11 is 1.80. The molecule has 5 nitrogen and oxygen atoms in total. The van der Waals surface area contributed by atoms with Gasteiger partial charge in [-0.1, -0.05) is 24.3 Å². The Morgan fingerprint density at radius 2 is 2.04 bits per heavy atom. The van der Waals surface area contributed by atoms with Gasteiger partial charge >= 0.3 is 0 Å². The third-order valence-corrected chi connectivity index (χ3v) is 5.95. The lowest BCUT2D eigenvalue weighted by Gasteiger charge is -2.16. The number of thiophene rings is 1. The summed E-state index contributed by atoms with van der Waals surface area (Å²) in [7, 11) is 4.27. The first-order chi connectivity index (χ1) is 13.2. The van der Waals surface area contributed by atoms with Gasteiger partial charge in [-0.05, 0) is 37.4 Å². The minimum absolute atomic E-state index is 0.371. The zero-order chi connectivity index (χ0) is 18.6. The van der Waals surface area contributed by atoms with Crippen LogP contribution < -0.4 is 10.6 Å². The number of nitrogens with zero attached hydrogens (tertiary/aromatic N) is 3. The zero-order valence-electron chi connectivity index (χ0n) is 16.1. The van der Waals surface area contributed by atoms with Gasteiger partial charge in [0.2, 0.25) is 0 Å². The van der Waals surface area contributed by atoms with E-state index in [2.05, 4.69) is 71.4 Å². The van der Waals surface area contributed by atoms with Gasteiger partial charge in [0.15, 0.2) is 0 Å². The highest BCUT2D eigenvalue weighted by Crippen LogP contribution is 2.35. The number of fused-ring (bicyclic) bond motifs is 1. The first-order valence-corrected chi connectivity index (χ1v) is 10.6. The number of hydrogen-bond donors (Lipinski definition) is 2.